The molecular formula is C17H9NOS2. The highest BCUT2D eigenvalue weighted by molar-refractivity contribution is 7.32. The Morgan fingerprint density at radius 2 is 1.81 bits per heavy atom. The maximum Gasteiger partial charge on any atom is 0.266 e. The number of nitrogens with one attached hydrogen (secondary N) is 1. The van der Waals surface area contributed by atoms with Gasteiger partial charge in [-0.2, -0.15) is 0 Å². The van der Waals surface area contributed by atoms with E-state index in [2.05, 4.69) is 40.7 Å². The zero-order valence-electron chi connectivity index (χ0n) is 10.8. The van der Waals surface area contributed by atoms with Gasteiger partial charge in [-0.1, -0.05) is 30.3 Å². The highest BCUT2D eigenvalue weighted by Gasteiger charge is 2.15. The van der Waals surface area contributed by atoms with Crippen molar-refractivity contribution in [2.45, 2.75) is 0 Å². The Hall–Kier alpha value is -2.17. The molecule has 5 rings (SSSR count). The normalized spacial score (nSPS) is 12.0. The van der Waals surface area contributed by atoms with E-state index in [0.717, 1.165) is 21.0 Å². The van der Waals surface area contributed by atoms with Gasteiger partial charge in [0.2, 0.25) is 0 Å². The molecule has 3 heterocycles. The average Bonchev–Trinajstić information content (AvgIpc) is 3.08. The topological polar surface area (TPSA) is 32.9 Å². The van der Waals surface area contributed by atoms with Crippen LogP contribution in [0.4, 0.5) is 0 Å². The Bertz CT molecular complexity index is 1210. The molecule has 0 bridgehead atoms. The van der Waals surface area contributed by atoms with Crippen LogP contribution in [0, 0.1) is 0 Å². The largest absolute Gasteiger partial charge is 0.321 e. The number of thiophene rings is 2. The van der Waals surface area contributed by atoms with Crippen LogP contribution in [0.3, 0.4) is 0 Å². The van der Waals surface area contributed by atoms with Gasteiger partial charge < -0.3 is 4.98 Å². The van der Waals surface area contributed by atoms with Gasteiger partial charge in [0.1, 0.15) is 4.70 Å². The van der Waals surface area contributed by atoms with E-state index in [9.17, 15) is 4.79 Å². The summed E-state index contributed by atoms with van der Waals surface area (Å²) in [6.07, 6.45) is 0. The van der Waals surface area contributed by atoms with Crippen molar-refractivity contribution in [2.24, 2.45) is 0 Å². The van der Waals surface area contributed by atoms with Gasteiger partial charge in [0.15, 0.2) is 0 Å². The van der Waals surface area contributed by atoms with Gasteiger partial charge in [-0.05, 0) is 28.3 Å². The quantitative estimate of drug-likeness (QED) is 0.396. The monoisotopic (exact) mass is 307 g/mol. The maximum atomic E-state index is 12.4. The number of fused-ring (bicyclic) bond motifs is 7. The maximum absolute atomic E-state index is 12.4. The van der Waals surface area contributed by atoms with Crippen LogP contribution in [0.5, 0.6) is 0 Å². The average molecular weight is 307 g/mol. The fraction of sp³-hybridized carbons (Fsp3) is 0. The summed E-state index contributed by atoms with van der Waals surface area (Å²) in [6, 6.07) is 14.5. The first-order valence-corrected chi connectivity index (χ1v) is 8.36. The van der Waals surface area contributed by atoms with Crippen LogP contribution < -0.4 is 5.56 Å². The number of rotatable bonds is 0. The van der Waals surface area contributed by atoms with E-state index in [1.54, 1.807) is 22.7 Å². The van der Waals surface area contributed by atoms with Crippen LogP contribution in [0.2, 0.25) is 0 Å². The second-order valence-corrected chi connectivity index (χ2v) is 7.05. The third-order valence-corrected chi connectivity index (χ3v) is 6.14. The van der Waals surface area contributed by atoms with Crippen molar-refractivity contribution in [1.82, 2.24) is 4.98 Å². The lowest BCUT2D eigenvalue weighted by molar-refractivity contribution is 1.36. The number of pyridine rings is 1. The third kappa shape index (κ3) is 1.43. The minimum absolute atomic E-state index is 0.0150. The molecule has 0 amide bonds. The Labute approximate surface area is 127 Å². The van der Waals surface area contributed by atoms with Crippen LogP contribution >= 0.6 is 22.7 Å². The molecule has 0 aliphatic rings. The lowest BCUT2D eigenvalue weighted by Gasteiger charge is -2.05. The zero-order chi connectivity index (χ0) is 14.0. The number of benzene rings is 2. The Balaban J connectivity index is 2.25. The van der Waals surface area contributed by atoms with Crippen molar-refractivity contribution in [3.63, 3.8) is 0 Å². The molecule has 0 aliphatic heterocycles. The highest BCUT2D eigenvalue weighted by Crippen LogP contribution is 2.40. The fourth-order valence-electron chi connectivity index (χ4n) is 3.04. The van der Waals surface area contributed by atoms with Crippen molar-refractivity contribution in [3.8, 4) is 0 Å². The van der Waals surface area contributed by atoms with Crippen LogP contribution in [0.15, 0.2) is 52.6 Å². The van der Waals surface area contributed by atoms with Gasteiger partial charge in [0.05, 0.1) is 4.70 Å². The van der Waals surface area contributed by atoms with E-state index in [-0.39, 0.29) is 5.56 Å². The number of aromatic amines is 1. The van der Waals surface area contributed by atoms with Gasteiger partial charge in [0.25, 0.3) is 5.56 Å². The molecule has 2 aromatic carbocycles. The summed E-state index contributed by atoms with van der Waals surface area (Å²) in [7, 11) is 0. The van der Waals surface area contributed by atoms with Gasteiger partial charge in [-0.15, -0.1) is 22.7 Å². The van der Waals surface area contributed by atoms with Crippen molar-refractivity contribution < 1.29 is 0 Å². The predicted octanol–water partition coefficient (Wildman–Crippen LogP) is 5.11. The smallest absolute Gasteiger partial charge is 0.266 e. The number of aromatic nitrogens is 1. The highest BCUT2D eigenvalue weighted by atomic mass is 32.1. The first kappa shape index (κ1) is 11.5. The second kappa shape index (κ2) is 3.93. The summed E-state index contributed by atoms with van der Waals surface area (Å²) in [5.74, 6) is 0. The fourth-order valence-corrected chi connectivity index (χ4v) is 5.30. The molecule has 2 nitrogen and oxygen atoms in total. The van der Waals surface area contributed by atoms with Crippen molar-refractivity contribution in [1.29, 1.82) is 0 Å². The van der Waals surface area contributed by atoms with E-state index in [1.165, 1.54) is 20.2 Å². The first-order chi connectivity index (χ1) is 10.3. The molecule has 0 radical (unpaired) electrons. The number of H-pyrrole nitrogens is 1. The van der Waals surface area contributed by atoms with Crippen molar-refractivity contribution >= 4 is 63.8 Å². The van der Waals surface area contributed by atoms with Crippen LogP contribution in [-0.2, 0) is 0 Å². The molecule has 0 saturated heterocycles. The SMILES string of the molecule is O=c1[nH]c2ccc3ccccc3c2c2c1sc1ccsc12. The van der Waals surface area contributed by atoms with Crippen molar-refractivity contribution in [3.05, 3.63) is 58.2 Å². The van der Waals surface area contributed by atoms with Crippen molar-refractivity contribution in [2.75, 3.05) is 0 Å². The Morgan fingerprint density at radius 3 is 2.76 bits per heavy atom. The van der Waals surface area contributed by atoms with Gasteiger partial charge >= 0.3 is 0 Å². The molecule has 0 atom stereocenters. The summed E-state index contributed by atoms with van der Waals surface area (Å²) < 4.78 is 3.25. The summed E-state index contributed by atoms with van der Waals surface area (Å²) in [5.41, 5.74) is 0.931. The summed E-state index contributed by atoms with van der Waals surface area (Å²) in [5, 5.41) is 6.77. The molecule has 0 spiro atoms. The summed E-state index contributed by atoms with van der Waals surface area (Å²) in [4.78, 5) is 15.4. The van der Waals surface area contributed by atoms with Crippen LogP contribution in [-0.4, -0.2) is 4.98 Å². The number of hydrogen-bond donors (Lipinski definition) is 1. The molecule has 100 valence electrons. The molecular weight excluding hydrogens is 298 g/mol. The Kier molecular flexibility index (Phi) is 2.15. The Morgan fingerprint density at radius 1 is 0.905 bits per heavy atom. The molecule has 4 heteroatoms. The first-order valence-electron chi connectivity index (χ1n) is 6.66. The molecule has 5 aromatic rings. The van der Waals surface area contributed by atoms with Gasteiger partial charge in [-0.3, -0.25) is 4.79 Å². The molecule has 21 heavy (non-hydrogen) atoms. The van der Waals surface area contributed by atoms with Crippen LogP contribution in [0.25, 0.3) is 41.2 Å². The lowest BCUT2D eigenvalue weighted by Crippen LogP contribution is -2.04. The summed E-state index contributed by atoms with van der Waals surface area (Å²) >= 11 is 3.30. The van der Waals surface area contributed by atoms with E-state index in [1.807, 2.05) is 12.1 Å². The van der Waals surface area contributed by atoms with E-state index in [0.29, 0.717) is 0 Å². The standard InChI is InChI=1S/C17H9NOS2/c19-17-16-14(15-12(21-16)7-8-20-15)13-10-4-2-1-3-9(10)5-6-11(13)18-17/h1-8H,(H,18,19). The minimum Gasteiger partial charge on any atom is -0.321 e. The third-order valence-electron chi connectivity index (χ3n) is 3.93. The van der Waals surface area contributed by atoms with E-state index in [4.69, 9.17) is 0 Å². The van der Waals surface area contributed by atoms with E-state index >= 15 is 0 Å². The molecule has 3 aromatic heterocycles. The number of hydrogen-bond acceptors (Lipinski definition) is 3. The predicted molar refractivity (Wildman–Crippen MR) is 92.8 cm³/mol. The van der Waals surface area contributed by atoms with Crippen LogP contribution in [0.1, 0.15) is 0 Å². The van der Waals surface area contributed by atoms with Gasteiger partial charge in [0, 0.05) is 21.0 Å². The molecule has 1 N–H and O–H groups in total. The molecule has 0 unspecified atom stereocenters. The summed E-state index contributed by atoms with van der Waals surface area (Å²) in [6.45, 7) is 0. The lowest BCUT2D eigenvalue weighted by atomic mass is 10.0. The van der Waals surface area contributed by atoms with Gasteiger partial charge in [-0.25, -0.2) is 0 Å². The molecule has 0 fully saturated rings. The molecule has 0 aliphatic carbocycles. The zero-order valence-corrected chi connectivity index (χ0v) is 12.5. The van der Waals surface area contributed by atoms with E-state index < -0.39 is 0 Å². The molecule has 0 saturated carbocycles. The second-order valence-electron chi connectivity index (χ2n) is 5.08. The minimum atomic E-state index is 0.0150.